The predicted molar refractivity (Wildman–Crippen MR) is 187 cm³/mol. The molecule has 0 radical (unpaired) electrons. The van der Waals surface area contributed by atoms with Gasteiger partial charge in [0.25, 0.3) is 0 Å². The quantitative estimate of drug-likeness (QED) is 0.140. The number of allylic oxidation sites excluding steroid dienone is 1. The number of fused-ring (bicyclic) bond motifs is 1. The maximum absolute atomic E-state index is 13.9. The van der Waals surface area contributed by atoms with E-state index in [2.05, 4.69) is 81.1 Å². The smallest absolute Gasteiger partial charge is 0.141 e. The average Bonchev–Trinajstić information content (AvgIpc) is 3.52. The van der Waals surface area contributed by atoms with Crippen molar-refractivity contribution in [3.63, 3.8) is 0 Å². The van der Waals surface area contributed by atoms with Gasteiger partial charge in [0.2, 0.25) is 0 Å². The lowest BCUT2D eigenvalue weighted by Gasteiger charge is -2.42. The largest absolute Gasteiger partial charge is 0.373 e. The molecule has 2 aliphatic heterocycles. The minimum Gasteiger partial charge on any atom is -0.373 e. The Morgan fingerprint density at radius 3 is 2.61 bits per heavy atom. The predicted octanol–water partition coefficient (Wildman–Crippen LogP) is 7.32. The Bertz CT molecular complexity index is 1750. The van der Waals surface area contributed by atoms with Crippen LogP contribution in [0.4, 0.5) is 21.5 Å². The fourth-order valence-corrected chi connectivity index (χ4v) is 6.12. The van der Waals surface area contributed by atoms with Crippen molar-refractivity contribution >= 4 is 57.4 Å². The number of hydrogen-bond donors (Lipinski definition) is 4. The molecule has 0 amide bonds. The molecule has 1 saturated heterocycles. The molecule has 1 atom stereocenters. The van der Waals surface area contributed by atoms with Crippen LogP contribution in [0, 0.1) is 17.1 Å². The Hall–Kier alpha value is -4.14. The summed E-state index contributed by atoms with van der Waals surface area (Å²) >= 11 is 12.8. The van der Waals surface area contributed by atoms with E-state index in [4.69, 9.17) is 23.2 Å². The van der Waals surface area contributed by atoms with Crippen LogP contribution in [0.5, 0.6) is 0 Å². The van der Waals surface area contributed by atoms with Gasteiger partial charge in [-0.05, 0) is 75.6 Å². The van der Waals surface area contributed by atoms with Crippen LogP contribution >= 0.6 is 23.2 Å². The molecule has 5 rings (SSSR count). The number of aliphatic imine (C=N–C) groups is 1. The first kappa shape index (κ1) is 33.2. The van der Waals surface area contributed by atoms with E-state index >= 15 is 0 Å². The van der Waals surface area contributed by atoms with Crippen LogP contribution in [0.2, 0.25) is 10.0 Å². The monoisotopic (exact) mass is 661 g/mol. The van der Waals surface area contributed by atoms with Crippen LogP contribution in [0.15, 0.2) is 77.7 Å². The summed E-state index contributed by atoms with van der Waals surface area (Å²) in [5.74, 6) is -0.536. The average molecular weight is 663 g/mol. The Morgan fingerprint density at radius 1 is 1.20 bits per heavy atom. The van der Waals surface area contributed by atoms with Crippen LogP contribution in [0.1, 0.15) is 39.2 Å². The van der Waals surface area contributed by atoms with Gasteiger partial charge in [0, 0.05) is 67.1 Å². The molecule has 240 valence electrons. The van der Waals surface area contributed by atoms with E-state index in [-0.39, 0.29) is 16.6 Å². The first-order chi connectivity index (χ1) is 22.0. The van der Waals surface area contributed by atoms with Gasteiger partial charge in [-0.1, -0.05) is 35.9 Å². The number of nitrogens with zero attached hydrogens (tertiary/aromatic N) is 5. The second kappa shape index (κ2) is 14.1. The minimum absolute atomic E-state index is 0.0375. The SMILES string of the molecule is C=C(/C=C\C=N/C)[C@H](Nc1cc(Cl)c2ncc(C#N)c(Nc3ccc(F)c(Cl)c3)c2c1)C1=CN(C2CCN(C(C)(C)C)CC2)NN1. The number of piperidine rings is 1. The molecule has 4 N–H and O–H groups in total. The van der Waals surface area contributed by atoms with E-state index in [0.717, 1.165) is 37.2 Å². The molecule has 0 saturated carbocycles. The molecule has 1 aromatic heterocycles. The lowest BCUT2D eigenvalue weighted by atomic mass is 9.98. The van der Waals surface area contributed by atoms with Gasteiger partial charge in [-0.2, -0.15) is 5.26 Å². The molecule has 0 unspecified atom stereocenters. The molecule has 9 nitrogen and oxygen atoms in total. The number of aromatic nitrogens is 1. The highest BCUT2D eigenvalue weighted by Gasteiger charge is 2.32. The summed E-state index contributed by atoms with van der Waals surface area (Å²) in [5, 5.41) is 19.8. The second-order valence-corrected chi connectivity index (χ2v) is 13.1. The molecular formula is C34H38Cl2FN9. The Kier molecular flexibility index (Phi) is 10.2. The number of hydrazine groups is 2. The number of nitrogens with one attached hydrogen (secondary N) is 4. The van der Waals surface area contributed by atoms with E-state index in [9.17, 15) is 9.65 Å². The number of rotatable bonds is 9. The molecule has 0 spiro atoms. The molecule has 0 aliphatic carbocycles. The van der Waals surface area contributed by atoms with Gasteiger partial charge in [-0.15, -0.1) is 5.53 Å². The first-order valence-corrected chi connectivity index (χ1v) is 15.8. The van der Waals surface area contributed by atoms with Crippen molar-refractivity contribution in [3.05, 3.63) is 94.2 Å². The molecular weight excluding hydrogens is 624 g/mol. The van der Waals surface area contributed by atoms with Gasteiger partial charge in [0.1, 0.15) is 11.9 Å². The highest BCUT2D eigenvalue weighted by molar-refractivity contribution is 6.36. The molecule has 2 aromatic carbocycles. The number of likely N-dealkylation sites (tertiary alicyclic amines) is 1. The van der Waals surface area contributed by atoms with E-state index in [1.165, 1.54) is 18.3 Å². The second-order valence-electron chi connectivity index (χ2n) is 12.3. The summed E-state index contributed by atoms with van der Waals surface area (Å²) in [7, 11) is 1.71. The molecule has 0 bridgehead atoms. The van der Waals surface area contributed by atoms with Crippen molar-refractivity contribution in [3.8, 4) is 6.07 Å². The lowest BCUT2D eigenvalue weighted by molar-refractivity contribution is 0.0570. The fraction of sp³-hybridized carbons (Fsp3) is 0.324. The summed E-state index contributed by atoms with van der Waals surface area (Å²) in [4.78, 5) is 11.0. The van der Waals surface area contributed by atoms with Gasteiger partial charge in [0.15, 0.2) is 0 Å². The number of halogens is 3. The Labute approximate surface area is 279 Å². The normalized spacial score (nSPS) is 16.9. The molecule has 1 fully saturated rings. The Morgan fingerprint density at radius 2 is 1.93 bits per heavy atom. The van der Waals surface area contributed by atoms with Crippen molar-refractivity contribution in [2.45, 2.75) is 51.2 Å². The zero-order chi connectivity index (χ0) is 33.0. The topological polar surface area (TPSA) is 104 Å². The van der Waals surface area contributed by atoms with E-state index in [1.807, 2.05) is 18.2 Å². The van der Waals surface area contributed by atoms with E-state index in [0.29, 0.717) is 44.6 Å². The summed E-state index contributed by atoms with van der Waals surface area (Å²) < 4.78 is 13.9. The summed E-state index contributed by atoms with van der Waals surface area (Å²) in [6.07, 6.45) is 11.1. The Balaban J connectivity index is 1.47. The number of benzene rings is 2. The van der Waals surface area contributed by atoms with Crippen molar-refractivity contribution in [2.75, 3.05) is 30.8 Å². The van der Waals surface area contributed by atoms with Crippen molar-refractivity contribution in [1.29, 1.82) is 5.26 Å². The number of hydrogen-bond acceptors (Lipinski definition) is 9. The van der Waals surface area contributed by atoms with Gasteiger partial charge < -0.3 is 16.1 Å². The van der Waals surface area contributed by atoms with Gasteiger partial charge in [-0.25, -0.2) is 4.39 Å². The maximum Gasteiger partial charge on any atom is 0.141 e. The summed E-state index contributed by atoms with van der Waals surface area (Å²) in [6.45, 7) is 13.2. The van der Waals surface area contributed by atoms with Crippen molar-refractivity contribution < 1.29 is 4.39 Å². The first-order valence-electron chi connectivity index (χ1n) is 15.0. The summed E-state index contributed by atoms with van der Waals surface area (Å²) in [6, 6.07) is 10.1. The molecule has 3 heterocycles. The highest BCUT2D eigenvalue weighted by atomic mass is 35.5. The molecule has 2 aliphatic rings. The zero-order valence-corrected chi connectivity index (χ0v) is 27.8. The maximum atomic E-state index is 13.9. The fourth-order valence-electron chi connectivity index (χ4n) is 5.67. The number of nitriles is 1. The molecule has 46 heavy (non-hydrogen) atoms. The lowest BCUT2D eigenvalue weighted by Crippen LogP contribution is -2.52. The zero-order valence-electron chi connectivity index (χ0n) is 26.3. The molecule has 3 aromatic rings. The highest BCUT2D eigenvalue weighted by Crippen LogP contribution is 2.36. The number of pyridine rings is 1. The van der Waals surface area contributed by atoms with Gasteiger partial charge >= 0.3 is 0 Å². The van der Waals surface area contributed by atoms with Gasteiger partial charge in [0.05, 0.1) is 38.6 Å². The minimum atomic E-state index is -0.536. The van der Waals surface area contributed by atoms with Crippen LogP contribution in [-0.4, -0.2) is 58.9 Å². The van der Waals surface area contributed by atoms with Crippen LogP contribution in [-0.2, 0) is 0 Å². The van der Waals surface area contributed by atoms with Gasteiger partial charge in [-0.3, -0.25) is 19.9 Å². The van der Waals surface area contributed by atoms with E-state index in [1.54, 1.807) is 25.4 Å². The van der Waals surface area contributed by atoms with E-state index < -0.39 is 5.82 Å². The third-order valence-corrected chi connectivity index (χ3v) is 8.76. The number of anilines is 3. The standard InChI is InChI=1S/C34H38Cl2FN9/c1-21(7-6-12-39-5)31(30-20-46(44-43-30)25-10-13-45(14-11-25)34(2,3)4)42-24-15-26-32(41-23-8-9-29(37)27(35)16-23)22(18-38)19-40-33(26)28(36)17-24/h6-9,12,15-17,19-20,25,31,42-44H,1,10-11,13-14H2,2-5H3,(H,40,41)/b7-6-,39-12-/t31-/m0/s1. The third kappa shape index (κ3) is 7.45. The molecule has 12 heteroatoms. The van der Waals surface area contributed by atoms with Crippen LogP contribution < -0.4 is 21.6 Å². The van der Waals surface area contributed by atoms with Crippen molar-refractivity contribution in [2.24, 2.45) is 4.99 Å². The third-order valence-electron chi connectivity index (χ3n) is 8.19. The van der Waals surface area contributed by atoms with Crippen molar-refractivity contribution in [1.82, 2.24) is 25.9 Å². The van der Waals surface area contributed by atoms with Crippen LogP contribution in [0.25, 0.3) is 10.9 Å². The van der Waals surface area contributed by atoms with Crippen LogP contribution in [0.3, 0.4) is 0 Å². The summed E-state index contributed by atoms with van der Waals surface area (Å²) in [5.41, 5.74) is 11.0.